The second-order valence-corrected chi connectivity index (χ2v) is 9.59. The Bertz CT molecular complexity index is 670. The Hall–Kier alpha value is -2.10. The van der Waals surface area contributed by atoms with Gasteiger partial charge < -0.3 is 9.84 Å². The number of carbonyl (C=O) groups is 2. The number of ether oxygens (including phenoxy) is 1. The number of rotatable bonds is 16. The average Bonchev–Trinajstić information content (AvgIpc) is 2.74. The van der Waals surface area contributed by atoms with E-state index >= 15 is 0 Å². The summed E-state index contributed by atoms with van der Waals surface area (Å²) in [4.78, 5) is 22.2. The fourth-order valence-electron chi connectivity index (χ4n) is 3.09. The van der Waals surface area contributed by atoms with Gasteiger partial charge >= 0.3 is 11.9 Å². The molecule has 4 nitrogen and oxygen atoms in total. The van der Waals surface area contributed by atoms with Crippen molar-refractivity contribution in [1.29, 1.82) is 0 Å². The van der Waals surface area contributed by atoms with E-state index in [-0.39, 0.29) is 11.9 Å². The van der Waals surface area contributed by atoms with Crippen LogP contribution in [0.3, 0.4) is 0 Å². The van der Waals surface area contributed by atoms with Crippen LogP contribution in [0.1, 0.15) is 120 Å². The lowest BCUT2D eigenvalue weighted by atomic mass is 9.98. The molecular weight excluding hydrogens is 424 g/mol. The number of hydrogen-bond acceptors (Lipinski definition) is 3. The summed E-state index contributed by atoms with van der Waals surface area (Å²) in [5.41, 5.74) is 5.27. The van der Waals surface area contributed by atoms with Crippen molar-refractivity contribution < 1.29 is 19.4 Å². The fourth-order valence-corrected chi connectivity index (χ4v) is 3.09. The van der Waals surface area contributed by atoms with Crippen molar-refractivity contribution in [1.82, 2.24) is 0 Å². The summed E-state index contributed by atoms with van der Waals surface area (Å²) in [6, 6.07) is 0. The molecule has 0 rings (SSSR count). The van der Waals surface area contributed by atoms with Crippen LogP contribution in [0.25, 0.3) is 0 Å². The van der Waals surface area contributed by atoms with Crippen molar-refractivity contribution in [3.05, 3.63) is 46.6 Å². The molecule has 1 N–H and O–H groups in total. The molecule has 0 amide bonds. The van der Waals surface area contributed by atoms with Crippen LogP contribution in [0.4, 0.5) is 0 Å². The first-order valence-corrected chi connectivity index (χ1v) is 13.0. The maximum absolute atomic E-state index is 11.2. The quantitative estimate of drug-likeness (QED) is 0.178. The topological polar surface area (TPSA) is 63.6 Å². The molecule has 0 aromatic rings. The van der Waals surface area contributed by atoms with Crippen LogP contribution in [0.5, 0.6) is 0 Å². The van der Waals surface area contributed by atoms with Crippen LogP contribution in [0.2, 0.25) is 0 Å². The van der Waals surface area contributed by atoms with Gasteiger partial charge in [-0.15, -0.1) is 0 Å². The second kappa shape index (κ2) is 22.7. The number of aliphatic carboxylic acids is 1. The number of esters is 1. The van der Waals surface area contributed by atoms with Crippen molar-refractivity contribution in [3.63, 3.8) is 0 Å². The molecule has 0 aliphatic heterocycles. The first kappa shape index (κ1) is 34.1. The standard InChI is InChI=1S/2C15H26O2/c1-5-7-14(15(16)17)11-10-13(4)9-6-8-12(2)3;1-5-6-10-15(16)17-12-11-14(4)9-7-8-13(2)3/h8,10,14H,5-7,9,11H2,1-4H3,(H,16,17);8,11H,5-7,9-10,12H2,1-4H3/b13-10+;14-11+. The van der Waals surface area contributed by atoms with E-state index in [0.717, 1.165) is 51.4 Å². The lowest BCUT2D eigenvalue weighted by Crippen LogP contribution is -2.12. The molecule has 196 valence electrons. The van der Waals surface area contributed by atoms with E-state index in [0.29, 0.717) is 19.4 Å². The minimum Gasteiger partial charge on any atom is -0.481 e. The molecular formula is C30H52O4. The molecule has 0 spiro atoms. The van der Waals surface area contributed by atoms with Gasteiger partial charge in [-0.25, -0.2) is 0 Å². The van der Waals surface area contributed by atoms with Crippen LogP contribution in [-0.2, 0) is 14.3 Å². The van der Waals surface area contributed by atoms with Crippen LogP contribution in [-0.4, -0.2) is 23.7 Å². The highest BCUT2D eigenvalue weighted by Crippen LogP contribution is 2.15. The number of unbranched alkanes of at least 4 members (excludes halogenated alkanes) is 1. The predicted octanol–water partition coefficient (Wildman–Crippen LogP) is 8.98. The third-order valence-electron chi connectivity index (χ3n) is 5.33. The maximum Gasteiger partial charge on any atom is 0.306 e. The Labute approximate surface area is 210 Å². The largest absolute Gasteiger partial charge is 0.481 e. The van der Waals surface area contributed by atoms with Crippen LogP contribution < -0.4 is 0 Å². The summed E-state index contributed by atoms with van der Waals surface area (Å²) in [6.07, 6.45) is 17.6. The first-order chi connectivity index (χ1) is 16.0. The number of carboxylic acids is 1. The summed E-state index contributed by atoms with van der Waals surface area (Å²) in [5.74, 6) is -0.959. The van der Waals surface area contributed by atoms with Crippen LogP contribution >= 0.6 is 0 Å². The van der Waals surface area contributed by atoms with E-state index in [2.05, 4.69) is 66.7 Å². The zero-order valence-corrected chi connectivity index (χ0v) is 23.3. The van der Waals surface area contributed by atoms with E-state index < -0.39 is 5.97 Å². The summed E-state index contributed by atoms with van der Waals surface area (Å²) in [6.45, 7) is 17.1. The van der Waals surface area contributed by atoms with E-state index in [1.54, 1.807) is 0 Å². The molecule has 1 unspecified atom stereocenters. The Balaban J connectivity index is 0. The molecule has 4 heteroatoms. The Kier molecular flexibility index (Phi) is 22.7. The van der Waals surface area contributed by atoms with Gasteiger partial charge in [-0.3, -0.25) is 9.59 Å². The molecule has 0 aromatic carbocycles. The molecule has 34 heavy (non-hydrogen) atoms. The number of allylic oxidation sites excluding steroid dienone is 7. The first-order valence-electron chi connectivity index (χ1n) is 13.0. The molecule has 0 saturated carbocycles. The van der Waals surface area contributed by atoms with E-state index in [4.69, 9.17) is 9.84 Å². The van der Waals surface area contributed by atoms with Crippen LogP contribution in [0, 0.1) is 5.92 Å². The van der Waals surface area contributed by atoms with Gasteiger partial charge in [-0.05, 0) is 92.6 Å². The Morgan fingerprint density at radius 2 is 1.29 bits per heavy atom. The predicted molar refractivity (Wildman–Crippen MR) is 146 cm³/mol. The summed E-state index contributed by atoms with van der Waals surface area (Å²) < 4.78 is 5.11. The van der Waals surface area contributed by atoms with Crippen molar-refractivity contribution in [2.24, 2.45) is 5.92 Å². The van der Waals surface area contributed by atoms with Gasteiger partial charge in [-0.1, -0.05) is 67.2 Å². The van der Waals surface area contributed by atoms with Crippen LogP contribution in [0.15, 0.2) is 46.6 Å². The SMILES string of the molecule is CCCC(C/C=C(\C)CCC=C(C)C)C(=O)O.CCCCC(=O)OC/C=C(\C)CCC=C(C)C. The summed E-state index contributed by atoms with van der Waals surface area (Å²) in [5, 5.41) is 9.03. The highest BCUT2D eigenvalue weighted by atomic mass is 16.5. The van der Waals surface area contributed by atoms with E-state index in [9.17, 15) is 9.59 Å². The van der Waals surface area contributed by atoms with Gasteiger partial charge in [0, 0.05) is 6.42 Å². The smallest absolute Gasteiger partial charge is 0.306 e. The highest BCUT2D eigenvalue weighted by molar-refractivity contribution is 5.70. The lowest BCUT2D eigenvalue weighted by molar-refractivity contribution is -0.143. The van der Waals surface area contributed by atoms with Gasteiger partial charge in [0.1, 0.15) is 6.61 Å². The van der Waals surface area contributed by atoms with Gasteiger partial charge in [0.05, 0.1) is 5.92 Å². The van der Waals surface area contributed by atoms with Crippen molar-refractivity contribution in [3.8, 4) is 0 Å². The number of carbonyl (C=O) groups excluding carboxylic acids is 1. The molecule has 0 saturated heterocycles. The Morgan fingerprint density at radius 3 is 1.74 bits per heavy atom. The van der Waals surface area contributed by atoms with Gasteiger partial charge in [0.15, 0.2) is 0 Å². The second-order valence-electron chi connectivity index (χ2n) is 9.59. The maximum atomic E-state index is 11.2. The molecule has 1 atom stereocenters. The lowest BCUT2D eigenvalue weighted by Gasteiger charge is -2.08. The van der Waals surface area contributed by atoms with Crippen molar-refractivity contribution in [2.45, 2.75) is 120 Å². The van der Waals surface area contributed by atoms with Gasteiger partial charge in [-0.2, -0.15) is 0 Å². The zero-order valence-electron chi connectivity index (χ0n) is 23.3. The van der Waals surface area contributed by atoms with E-state index in [1.807, 2.05) is 13.0 Å². The normalized spacial score (nSPS) is 12.2. The summed E-state index contributed by atoms with van der Waals surface area (Å²) >= 11 is 0. The number of carboxylic acid groups (broad SMARTS) is 1. The monoisotopic (exact) mass is 476 g/mol. The third kappa shape index (κ3) is 24.5. The average molecular weight is 477 g/mol. The van der Waals surface area contributed by atoms with Gasteiger partial charge in [0.25, 0.3) is 0 Å². The van der Waals surface area contributed by atoms with Gasteiger partial charge in [0.2, 0.25) is 0 Å². The van der Waals surface area contributed by atoms with Crippen molar-refractivity contribution in [2.75, 3.05) is 6.61 Å². The molecule has 0 aliphatic carbocycles. The minimum absolute atomic E-state index is 0.0831. The minimum atomic E-state index is -0.666. The van der Waals surface area contributed by atoms with Crippen molar-refractivity contribution >= 4 is 11.9 Å². The van der Waals surface area contributed by atoms with E-state index in [1.165, 1.54) is 22.3 Å². The molecule has 0 aromatic heterocycles. The number of hydrogen-bond donors (Lipinski definition) is 1. The Morgan fingerprint density at radius 1 is 0.765 bits per heavy atom. The molecule has 0 heterocycles. The zero-order chi connectivity index (χ0) is 26.4. The molecule has 0 fully saturated rings. The summed E-state index contributed by atoms with van der Waals surface area (Å²) in [7, 11) is 0. The highest BCUT2D eigenvalue weighted by Gasteiger charge is 2.14. The molecule has 0 aliphatic rings. The fraction of sp³-hybridized carbons (Fsp3) is 0.667. The molecule has 0 radical (unpaired) electrons. The molecule has 0 bridgehead atoms. The third-order valence-corrected chi connectivity index (χ3v) is 5.33.